The van der Waals surface area contributed by atoms with Crippen LogP contribution in [0, 0.1) is 0 Å². The molecule has 5 nitrogen and oxygen atoms in total. The van der Waals surface area contributed by atoms with Gasteiger partial charge in [0.2, 0.25) is 0 Å². The van der Waals surface area contributed by atoms with Gasteiger partial charge in [0.05, 0.1) is 5.56 Å². The van der Waals surface area contributed by atoms with Crippen molar-refractivity contribution in [3.8, 4) is 11.5 Å². The van der Waals surface area contributed by atoms with Crippen LogP contribution in [-0.2, 0) is 0 Å². The van der Waals surface area contributed by atoms with Crippen molar-refractivity contribution >= 4 is 5.91 Å². The van der Waals surface area contributed by atoms with Gasteiger partial charge in [0.15, 0.2) is 0 Å². The normalized spacial score (nSPS) is 16.0. The van der Waals surface area contributed by atoms with Crippen molar-refractivity contribution < 1.29 is 15.0 Å². The molecule has 1 aliphatic rings. The first kappa shape index (κ1) is 14.7. The molecule has 3 N–H and O–H groups in total. The van der Waals surface area contributed by atoms with Crippen molar-refractivity contribution in [1.29, 1.82) is 0 Å². The van der Waals surface area contributed by atoms with Crippen molar-refractivity contribution in [2.75, 3.05) is 26.2 Å². The van der Waals surface area contributed by atoms with E-state index >= 15 is 0 Å². The van der Waals surface area contributed by atoms with E-state index in [2.05, 4.69) is 10.2 Å². The first-order valence-electron chi connectivity index (χ1n) is 7.19. The molecule has 0 saturated carbocycles. The van der Waals surface area contributed by atoms with Crippen molar-refractivity contribution in [1.82, 2.24) is 10.2 Å². The Bertz CT molecular complexity index is 456. The molecule has 1 amide bonds. The summed E-state index contributed by atoms with van der Waals surface area (Å²) in [6.45, 7) is 3.91. The Hall–Kier alpha value is -1.75. The lowest BCUT2D eigenvalue weighted by Gasteiger charge is -2.26. The predicted octanol–water partition coefficient (Wildman–Crippen LogP) is 1.70. The third-order valence-electron chi connectivity index (χ3n) is 3.61. The summed E-state index contributed by atoms with van der Waals surface area (Å²) in [4.78, 5) is 14.3. The maximum atomic E-state index is 11.9. The number of hydrogen-bond donors (Lipinski definition) is 3. The highest BCUT2D eigenvalue weighted by molar-refractivity contribution is 5.96. The Balaban J connectivity index is 1.72. The fourth-order valence-corrected chi connectivity index (χ4v) is 2.49. The largest absolute Gasteiger partial charge is 0.508 e. The molecule has 1 aromatic carbocycles. The monoisotopic (exact) mass is 278 g/mol. The fraction of sp³-hybridized carbons (Fsp3) is 0.533. The van der Waals surface area contributed by atoms with Crippen molar-refractivity contribution in [3.05, 3.63) is 23.8 Å². The second kappa shape index (κ2) is 7.14. The van der Waals surface area contributed by atoms with Gasteiger partial charge < -0.3 is 20.4 Å². The van der Waals surface area contributed by atoms with Gasteiger partial charge in [-0.05, 0) is 51.0 Å². The summed E-state index contributed by atoms with van der Waals surface area (Å²) in [7, 11) is 0. The maximum Gasteiger partial charge on any atom is 0.255 e. The number of hydrogen-bond acceptors (Lipinski definition) is 4. The number of benzene rings is 1. The predicted molar refractivity (Wildman–Crippen MR) is 77.0 cm³/mol. The Morgan fingerprint density at radius 3 is 2.65 bits per heavy atom. The minimum absolute atomic E-state index is 0.0517. The zero-order valence-electron chi connectivity index (χ0n) is 11.6. The van der Waals surface area contributed by atoms with E-state index in [-0.39, 0.29) is 23.0 Å². The topological polar surface area (TPSA) is 72.8 Å². The van der Waals surface area contributed by atoms with Crippen LogP contribution >= 0.6 is 0 Å². The zero-order chi connectivity index (χ0) is 14.4. The smallest absolute Gasteiger partial charge is 0.255 e. The Morgan fingerprint density at radius 2 is 1.95 bits per heavy atom. The molecule has 1 fully saturated rings. The average Bonchev–Trinajstić information content (AvgIpc) is 2.44. The molecule has 0 unspecified atom stereocenters. The van der Waals surface area contributed by atoms with Gasteiger partial charge in [0.1, 0.15) is 11.5 Å². The van der Waals surface area contributed by atoms with E-state index in [1.54, 1.807) is 0 Å². The number of piperidine rings is 1. The van der Waals surface area contributed by atoms with Crippen LogP contribution in [-0.4, -0.2) is 47.2 Å². The summed E-state index contributed by atoms with van der Waals surface area (Å²) in [6.07, 6.45) is 4.78. The number of amides is 1. The van der Waals surface area contributed by atoms with Crippen LogP contribution in [0.25, 0.3) is 0 Å². The molecule has 1 saturated heterocycles. The molecule has 0 atom stereocenters. The highest BCUT2D eigenvalue weighted by Crippen LogP contribution is 2.22. The van der Waals surface area contributed by atoms with Gasteiger partial charge in [-0.15, -0.1) is 0 Å². The summed E-state index contributed by atoms with van der Waals surface area (Å²) in [5, 5.41) is 21.6. The van der Waals surface area contributed by atoms with Crippen LogP contribution in [0.1, 0.15) is 36.0 Å². The first-order chi connectivity index (χ1) is 9.66. The number of likely N-dealkylation sites (tertiary alicyclic amines) is 1. The van der Waals surface area contributed by atoms with Gasteiger partial charge >= 0.3 is 0 Å². The molecule has 0 aliphatic carbocycles. The van der Waals surface area contributed by atoms with Crippen LogP contribution in [0.15, 0.2) is 18.2 Å². The second-order valence-electron chi connectivity index (χ2n) is 5.21. The Labute approximate surface area is 119 Å². The molecule has 1 aromatic rings. The number of phenols is 2. The summed E-state index contributed by atoms with van der Waals surface area (Å²) >= 11 is 0. The number of rotatable bonds is 5. The minimum atomic E-state index is -0.304. The maximum absolute atomic E-state index is 11.9. The van der Waals surface area contributed by atoms with E-state index in [4.69, 9.17) is 0 Å². The highest BCUT2D eigenvalue weighted by Gasteiger charge is 2.12. The van der Waals surface area contributed by atoms with Crippen LogP contribution < -0.4 is 5.32 Å². The van der Waals surface area contributed by atoms with Crippen molar-refractivity contribution in [2.24, 2.45) is 0 Å². The number of phenolic OH excluding ortho intramolecular Hbond substituents is 2. The lowest BCUT2D eigenvalue weighted by molar-refractivity contribution is 0.0948. The Morgan fingerprint density at radius 1 is 1.20 bits per heavy atom. The minimum Gasteiger partial charge on any atom is -0.508 e. The van der Waals surface area contributed by atoms with Crippen LogP contribution in [0.4, 0.5) is 0 Å². The highest BCUT2D eigenvalue weighted by atomic mass is 16.3. The van der Waals surface area contributed by atoms with Gasteiger partial charge in [0.25, 0.3) is 5.91 Å². The van der Waals surface area contributed by atoms with E-state index in [1.807, 2.05) is 0 Å². The van der Waals surface area contributed by atoms with E-state index < -0.39 is 0 Å². The fourth-order valence-electron chi connectivity index (χ4n) is 2.49. The molecule has 0 radical (unpaired) electrons. The lowest BCUT2D eigenvalue weighted by Crippen LogP contribution is -2.33. The SMILES string of the molecule is O=C(NCCCN1CCCCC1)c1ccc(O)cc1O. The molecular formula is C15H22N2O3. The van der Waals surface area contributed by atoms with Crippen molar-refractivity contribution in [3.63, 3.8) is 0 Å². The molecule has 0 aromatic heterocycles. The lowest BCUT2D eigenvalue weighted by atomic mass is 10.1. The zero-order valence-corrected chi connectivity index (χ0v) is 11.6. The van der Waals surface area contributed by atoms with Gasteiger partial charge in [-0.25, -0.2) is 0 Å². The number of aromatic hydroxyl groups is 2. The van der Waals surface area contributed by atoms with Crippen LogP contribution in [0.5, 0.6) is 11.5 Å². The molecular weight excluding hydrogens is 256 g/mol. The third-order valence-corrected chi connectivity index (χ3v) is 3.61. The molecule has 1 heterocycles. The number of carbonyl (C=O) groups is 1. The standard InChI is InChI=1S/C15H22N2O3/c18-12-5-6-13(14(19)11-12)15(20)16-7-4-10-17-8-2-1-3-9-17/h5-6,11,18-19H,1-4,7-10H2,(H,16,20). The van der Waals surface area contributed by atoms with E-state index in [9.17, 15) is 15.0 Å². The molecule has 110 valence electrons. The molecule has 0 spiro atoms. The molecule has 20 heavy (non-hydrogen) atoms. The third kappa shape index (κ3) is 4.13. The summed E-state index contributed by atoms with van der Waals surface area (Å²) in [5.74, 6) is -0.552. The summed E-state index contributed by atoms with van der Waals surface area (Å²) in [6, 6.07) is 3.98. The number of nitrogens with zero attached hydrogens (tertiary/aromatic N) is 1. The summed E-state index contributed by atoms with van der Waals surface area (Å²) < 4.78 is 0. The van der Waals surface area contributed by atoms with E-state index in [0.717, 1.165) is 26.1 Å². The average molecular weight is 278 g/mol. The quantitative estimate of drug-likeness (QED) is 0.717. The van der Waals surface area contributed by atoms with Crippen LogP contribution in [0.2, 0.25) is 0 Å². The molecule has 2 rings (SSSR count). The van der Waals surface area contributed by atoms with Gasteiger partial charge in [-0.3, -0.25) is 4.79 Å². The first-order valence-corrected chi connectivity index (χ1v) is 7.19. The van der Waals surface area contributed by atoms with E-state index in [0.29, 0.717) is 6.54 Å². The molecule has 1 aliphatic heterocycles. The molecule has 5 heteroatoms. The molecule has 0 bridgehead atoms. The number of carbonyl (C=O) groups excluding carboxylic acids is 1. The van der Waals surface area contributed by atoms with Gasteiger partial charge in [0, 0.05) is 12.6 Å². The van der Waals surface area contributed by atoms with E-state index in [1.165, 1.54) is 37.5 Å². The second-order valence-corrected chi connectivity index (χ2v) is 5.21. The van der Waals surface area contributed by atoms with Gasteiger partial charge in [-0.2, -0.15) is 0 Å². The number of nitrogens with one attached hydrogen (secondary N) is 1. The Kier molecular flexibility index (Phi) is 5.24. The summed E-state index contributed by atoms with van der Waals surface area (Å²) in [5.41, 5.74) is 0.195. The van der Waals surface area contributed by atoms with Crippen LogP contribution in [0.3, 0.4) is 0 Å². The van der Waals surface area contributed by atoms with Gasteiger partial charge in [-0.1, -0.05) is 6.42 Å². The van der Waals surface area contributed by atoms with Crippen molar-refractivity contribution in [2.45, 2.75) is 25.7 Å².